The van der Waals surface area contributed by atoms with E-state index in [4.69, 9.17) is 4.74 Å². The Morgan fingerprint density at radius 3 is 2.63 bits per heavy atom. The van der Waals surface area contributed by atoms with Crippen LogP contribution in [0.15, 0.2) is 66.9 Å². The molecule has 0 unspecified atom stereocenters. The molecule has 4 aromatic rings. The lowest BCUT2D eigenvalue weighted by Crippen LogP contribution is -2.17. The van der Waals surface area contributed by atoms with E-state index in [1.165, 1.54) is 13.2 Å². The van der Waals surface area contributed by atoms with Crippen molar-refractivity contribution in [1.29, 1.82) is 0 Å². The molecule has 1 N–H and O–H groups in total. The highest BCUT2D eigenvalue weighted by Crippen LogP contribution is 2.36. The SMILES string of the molecule is COc1cc(-c2ccccc2[N+](=O)[O-])c(C(=O)Nc2cccc3cccnc23)n1C. The number of amides is 1. The van der Waals surface area contributed by atoms with Gasteiger partial charge >= 0.3 is 0 Å². The molecule has 2 aromatic heterocycles. The van der Waals surface area contributed by atoms with Gasteiger partial charge in [-0.25, -0.2) is 0 Å². The first-order valence-electron chi connectivity index (χ1n) is 9.14. The molecule has 8 nitrogen and oxygen atoms in total. The van der Waals surface area contributed by atoms with Crippen LogP contribution >= 0.6 is 0 Å². The number of nitrogens with one attached hydrogen (secondary N) is 1. The minimum Gasteiger partial charge on any atom is -0.482 e. The Kier molecular flexibility index (Phi) is 4.89. The predicted octanol–water partition coefficient (Wildman–Crippen LogP) is 4.41. The Balaban J connectivity index is 1.84. The van der Waals surface area contributed by atoms with Crippen molar-refractivity contribution in [2.45, 2.75) is 0 Å². The van der Waals surface area contributed by atoms with Crippen molar-refractivity contribution in [3.8, 4) is 17.0 Å². The lowest BCUT2D eigenvalue weighted by Gasteiger charge is -2.11. The summed E-state index contributed by atoms with van der Waals surface area (Å²) >= 11 is 0. The van der Waals surface area contributed by atoms with Gasteiger partial charge in [0.25, 0.3) is 11.6 Å². The van der Waals surface area contributed by atoms with Gasteiger partial charge in [-0.3, -0.25) is 19.9 Å². The van der Waals surface area contributed by atoms with Crippen LogP contribution in [0.25, 0.3) is 22.0 Å². The van der Waals surface area contributed by atoms with E-state index in [9.17, 15) is 14.9 Å². The molecule has 0 atom stereocenters. The zero-order valence-electron chi connectivity index (χ0n) is 16.3. The van der Waals surface area contributed by atoms with Crippen LogP contribution in [0.1, 0.15) is 10.5 Å². The third-order valence-corrected chi connectivity index (χ3v) is 4.88. The van der Waals surface area contributed by atoms with Crippen LogP contribution in [0.3, 0.4) is 0 Å². The van der Waals surface area contributed by atoms with Crippen LogP contribution in [0.2, 0.25) is 0 Å². The Labute approximate surface area is 171 Å². The highest BCUT2D eigenvalue weighted by atomic mass is 16.6. The maximum atomic E-state index is 13.3. The Morgan fingerprint density at radius 2 is 1.87 bits per heavy atom. The number of nitrogens with zero attached hydrogens (tertiary/aromatic N) is 3. The quantitative estimate of drug-likeness (QED) is 0.394. The molecule has 2 heterocycles. The number of carbonyl (C=O) groups is 1. The van der Waals surface area contributed by atoms with Crippen LogP contribution in [0.5, 0.6) is 5.88 Å². The number of ether oxygens (including phenoxy) is 1. The molecule has 0 saturated carbocycles. The Morgan fingerprint density at radius 1 is 1.10 bits per heavy atom. The molecule has 0 fully saturated rings. The summed E-state index contributed by atoms with van der Waals surface area (Å²) in [5.41, 5.74) is 2.10. The van der Waals surface area contributed by atoms with Crippen LogP contribution in [-0.4, -0.2) is 27.5 Å². The number of hydrogen-bond donors (Lipinski definition) is 1. The van der Waals surface area contributed by atoms with Gasteiger partial charge in [0.1, 0.15) is 5.69 Å². The van der Waals surface area contributed by atoms with E-state index in [1.54, 1.807) is 48.1 Å². The third-order valence-electron chi connectivity index (χ3n) is 4.88. The van der Waals surface area contributed by atoms with E-state index in [0.29, 0.717) is 28.2 Å². The number of carbonyl (C=O) groups excluding carboxylic acids is 1. The highest BCUT2D eigenvalue weighted by molar-refractivity contribution is 6.11. The number of benzene rings is 2. The van der Waals surface area contributed by atoms with Crippen molar-refractivity contribution in [2.75, 3.05) is 12.4 Å². The molecular weight excluding hydrogens is 384 g/mol. The fourth-order valence-corrected chi connectivity index (χ4v) is 3.50. The van der Waals surface area contributed by atoms with Crippen molar-refractivity contribution in [3.05, 3.63) is 82.7 Å². The maximum Gasteiger partial charge on any atom is 0.277 e. The van der Waals surface area contributed by atoms with E-state index in [2.05, 4.69) is 10.3 Å². The molecule has 4 rings (SSSR count). The number of methoxy groups -OCH3 is 1. The van der Waals surface area contributed by atoms with E-state index >= 15 is 0 Å². The number of aromatic nitrogens is 2. The smallest absolute Gasteiger partial charge is 0.277 e. The number of hydrogen-bond acceptors (Lipinski definition) is 5. The summed E-state index contributed by atoms with van der Waals surface area (Å²) in [6.45, 7) is 0. The predicted molar refractivity (Wildman–Crippen MR) is 114 cm³/mol. The van der Waals surface area contributed by atoms with Gasteiger partial charge < -0.3 is 14.6 Å². The van der Waals surface area contributed by atoms with Crippen molar-refractivity contribution < 1.29 is 14.5 Å². The molecule has 0 aliphatic carbocycles. The van der Waals surface area contributed by atoms with Gasteiger partial charge in [-0.2, -0.15) is 0 Å². The summed E-state index contributed by atoms with van der Waals surface area (Å²) in [6.07, 6.45) is 1.66. The lowest BCUT2D eigenvalue weighted by atomic mass is 10.0. The first-order chi connectivity index (χ1) is 14.5. The minimum atomic E-state index is -0.467. The second-order valence-corrected chi connectivity index (χ2v) is 6.62. The van der Waals surface area contributed by atoms with E-state index < -0.39 is 10.8 Å². The normalized spacial score (nSPS) is 10.7. The number of pyridine rings is 1. The van der Waals surface area contributed by atoms with E-state index in [1.807, 2.05) is 24.3 Å². The van der Waals surface area contributed by atoms with E-state index in [-0.39, 0.29) is 11.4 Å². The standard InChI is InChI=1S/C22H18N4O4/c1-25-19(30-2)13-16(15-9-3-4-11-18(15)26(28)29)21(25)22(27)24-17-10-5-7-14-8-6-12-23-20(14)17/h3-13H,1-2H3,(H,24,27). The molecule has 0 spiro atoms. The monoisotopic (exact) mass is 402 g/mol. The largest absolute Gasteiger partial charge is 0.482 e. The van der Waals surface area contributed by atoms with Crippen molar-refractivity contribution >= 4 is 28.2 Å². The summed E-state index contributed by atoms with van der Waals surface area (Å²) in [6, 6.07) is 17.1. The average Bonchev–Trinajstić information content (AvgIpc) is 3.10. The minimum absolute atomic E-state index is 0.0911. The summed E-state index contributed by atoms with van der Waals surface area (Å²) < 4.78 is 6.93. The summed E-state index contributed by atoms with van der Waals surface area (Å²) in [7, 11) is 3.15. The first kappa shape index (κ1) is 19.1. The van der Waals surface area contributed by atoms with Crippen LogP contribution in [0.4, 0.5) is 11.4 Å². The summed E-state index contributed by atoms with van der Waals surface area (Å²) in [5.74, 6) is -0.0172. The van der Waals surface area contributed by atoms with Gasteiger partial charge in [-0.05, 0) is 18.2 Å². The van der Waals surface area contributed by atoms with Crippen molar-refractivity contribution in [2.24, 2.45) is 7.05 Å². The molecule has 0 bridgehead atoms. The molecule has 0 aliphatic heterocycles. The summed E-state index contributed by atoms with van der Waals surface area (Å²) in [5, 5.41) is 15.3. The number of fused-ring (bicyclic) bond motifs is 1. The molecule has 0 aliphatic rings. The van der Waals surface area contributed by atoms with Gasteiger partial charge in [0.2, 0.25) is 0 Å². The number of rotatable bonds is 5. The second-order valence-electron chi connectivity index (χ2n) is 6.62. The number of anilines is 1. The number of nitro groups is 1. The van der Waals surface area contributed by atoms with Crippen LogP contribution in [-0.2, 0) is 7.05 Å². The molecule has 0 saturated heterocycles. The maximum absolute atomic E-state index is 13.3. The highest BCUT2D eigenvalue weighted by Gasteiger charge is 2.26. The van der Waals surface area contributed by atoms with Gasteiger partial charge in [0, 0.05) is 36.3 Å². The molecule has 8 heteroatoms. The molecule has 30 heavy (non-hydrogen) atoms. The molecular formula is C22H18N4O4. The molecule has 2 aromatic carbocycles. The van der Waals surface area contributed by atoms with Gasteiger partial charge in [-0.1, -0.05) is 30.3 Å². The number of nitro benzene ring substituents is 1. The second kappa shape index (κ2) is 7.67. The van der Waals surface area contributed by atoms with Crippen molar-refractivity contribution in [3.63, 3.8) is 0 Å². The van der Waals surface area contributed by atoms with Gasteiger partial charge in [-0.15, -0.1) is 0 Å². The topological polar surface area (TPSA) is 99.3 Å². The first-order valence-corrected chi connectivity index (χ1v) is 9.14. The molecule has 150 valence electrons. The number of para-hydroxylation sites is 2. The summed E-state index contributed by atoms with van der Waals surface area (Å²) in [4.78, 5) is 28.7. The Bertz CT molecular complexity index is 1270. The van der Waals surface area contributed by atoms with Crippen LogP contribution < -0.4 is 10.1 Å². The third kappa shape index (κ3) is 3.24. The van der Waals surface area contributed by atoms with Gasteiger partial charge in [0.05, 0.1) is 28.8 Å². The van der Waals surface area contributed by atoms with E-state index in [0.717, 1.165) is 5.39 Å². The van der Waals surface area contributed by atoms with Gasteiger partial charge in [0.15, 0.2) is 5.88 Å². The average molecular weight is 402 g/mol. The zero-order chi connectivity index (χ0) is 21.3. The zero-order valence-corrected chi connectivity index (χ0v) is 16.3. The molecule has 0 radical (unpaired) electrons. The fourth-order valence-electron chi connectivity index (χ4n) is 3.50. The Hall–Kier alpha value is -4.20. The molecule has 1 amide bonds. The van der Waals surface area contributed by atoms with Crippen molar-refractivity contribution in [1.82, 2.24) is 9.55 Å². The van der Waals surface area contributed by atoms with Crippen LogP contribution in [0, 0.1) is 10.1 Å². The lowest BCUT2D eigenvalue weighted by molar-refractivity contribution is -0.384. The fraction of sp³-hybridized carbons (Fsp3) is 0.0909.